The molecule has 3 heterocycles. The van der Waals surface area contributed by atoms with Crippen LogP contribution in [0.3, 0.4) is 0 Å². The van der Waals surface area contributed by atoms with Crippen LogP contribution in [0.15, 0.2) is 24.3 Å². The zero-order valence-electron chi connectivity index (χ0n) is 13.5. The van der Waals surface area contributed by atoms with E-state index in [9.17, 15) is 9.18 Å². The van der Waals surface area contributed by atoms with E-state index < -0.39 is 0 Å². The van der Waals surface area contributed by atoms with Crippen molar-refractivity contribution >= 4 is 6.03 Å². The van der Waals surface area contributed by atoms with Gasteiger partial charge in [0.1, 0.15) is 5.82 Å². The second-order valence-corrected chi connectivity index (χ2v) is 7.06. The summed E-state index contributed by atoms with van der Waals surface area (Å²) in [5, 5.41) is 0. The van der Waals surface area contributed by atoms with Gasteiger partial charge in [0.15, 0.2) is 0 Å². The first kappa shape index (κ1) is 14.9. The van der Waals surface area contributed by atoms with E-state index in [2.05, 4.69) is 14.7 Å². The molecule has 3 aliphatic rings. The zero-order valence-corrected chi connectivity index (χ0v) is 13.5. The van der Waals surface area contributed by atoms with Gasteiger partial charge in [-0.05, 0) is 43.4 Å². The smallest absolute Gasteiger partial charge is 0.320 e. The number of nitrogens with zero attached hydrogens (tertiary/aromatic N) is 3. The second-order valence-electron chi connectivity index (χ2n) is 7.06. The van der Waals surface area contributed by atoms with Gasteiger partial charge in [0.2, 0.25) is 0 Å². The van der Waals surface area contributed by atoms with Crippen molar-refractivity contribution < 1.29 is 9.18 Å². The SMILES string of the molecule is O=C1N2CCCC2CN1C1CCN(Cc2ccc(F)cc2)CC1. The number of benzene rings is 1. The topological polar surface area (TPSA) is 26.8 Å². The molecule has 5 heteroatoms. The number of carbonyl (C=O) groups excluding carboxylic acids is 1. The highest BCUT2D eigenvalue weighted by Crippen LogP contribution is 2.30. The number of hydrogen-bond acceptors (Lipinski definition) is 2. The summed E-state index contributed by atoms with van der Waals surface area (Å²) in [6.07, 6.45) is 4.44. The van der Waals surface area contributed by atoms with Crippen LogP contribution >= 0.6 is 0 Å². The lowest BCUT2D eigenvalue weighted by atomic mass is 10.0. The quantitative estimate of drug-likeness (QED) is 0.857. The van der Waals surface area contributed by atoms with Crippen LogP contribution in [0.2, 0.25) is 0 Å². The van der Waals surface area contributed by atoms with E-state index in [-0.39, 0.29) is 11.8 Å². The van der Waals surface area contributed by atoms with Gasteiger partial charge in [0, 0.05) is 38.8 Å². The third kappa shape index (κ3) is 2.94. The maximum absolute atomic E-state index is 13.0. The Morgan fingerprint density at radius 1 is 0.957 bits per heavy atom. The summed E-state index contributed by atoms with van der Waals surface area (Å²) in [5.74, 6) is -0.180. The zero-order chi connectivity index (χ0) is 15.8. The van der Waals surface area contributed by atoms with Crippen LogP contribution in [-0.4, -0.2) is 59.0 Å². The predicted octanol–water partition coefficient (Wildman–Crippen LogP) is 2.69. The van der Waals surface area contributed by atoms with Gasteiger partial charge < -0.3 is 9.80 Å². The highest BCUT2D eigenvalue weighted by Gasteiger charge is 2.43. The predicted molar refractivity (Wildman–Crippen MR) is 86.5 cm³/mol. The first-order chi connectivity index (χ1) is 11.2. The Labute approximate surface area is 136 Å². The fourth-order valence-corrected chi connectivity index (χ4v) is 4.29. The normalized spacial score (nSPS) is 26.1. The molecular formula is C18H24FN3O. The first-order valence-corrected chi connectivity index (χ1v) is 8.75. The molecule has 0 spiro atoms. The Bertz CT molecular complexity index is 568. The molecule has 1 unspecified atom stereocenters. The highest BCUT2D eigenvalue weighted by atomic mass is 19.1. The fourth-order valence-electron chi connectivity index (χ4n) is 4.29. The average molecular weight is 317 g/mol. The molecule has 0 aromatic heterocycles. The number of hydrogen-bond donors (Lipinski definition) is 0. The number of urea groups is 1. The van der Waals surface area contributed by atoms with Crippen molar-refractivity contribution in [1.82, 2.24) is 14.7 Å². The molecule has 0 aliphatic carbocycles. The molecular weight excluding hydrogens is 293 g/mol. The number of likely N-dealkylation sites (tertiary alicyclic amines) is 1. The van der Waals surface area contributed by atoms with Crippen molar-refractivity contribution in [1.29, 1.82) is 0 Å². The summed E-state index contributed by atoms with van der Waals surface area (Å²) in [6, 6.07) is 7.91. The Morgan fingerprint density at radius 3 is 2.39 bits per heavy atom. The van der Waals surface area contributed by atoms with Gasteiger partial charge in [-0.2, -0.15) is 0 Å². The van der Waals surface area contributed by atoms with Crippen molar-refractivity contribution in [2.75, 3.05) is 26.2 Å². The lowest BCUT2D eigenvalue weighted by Gasteiger charge is -2.36. The van der Waals surface area contributed by atoms with Crippen LogP contribution < -0.4 is 0 Å². The Kier molecular flexibility index (Phi) is 3.97. The maximum atomic E-state index is 13.0. The van der Waals surface area contributed by atoms with Gasteiger partial charge in [0.25, 0.3) is 0 Å². The number of halogens is 1. The van der Waals surface area contributed by atoms with Gasteiger partial charge in [-0.1, -0.05) is 12.1 Å². The van der Waals surface area contributed by atoms with E-state index in [1.54, 1.807) is 0 Å². The molecule has 4 rings (SSSR count). The van der Waals surface area contributed by atoms with Gasteiger partial charge in [-0.15, -0.1) is 0 Å². The first-order valence-electron chi connectivity index (χ1n) is 8.75. The van der Waals surface area contributed by atoms with Gasteiger partial charge in [0.05, 0.1) is 6.04 Å². The summed E-state index contributed by atoms with van der Waals surface area (Å²) in [5.41, 5.74) is 1.16. The minimum absolute atomic E-state index is 0.180. The van der Waals surface area contributed by atoms with Crippen LogP contribution in [0.1, 0.15) is 31.2 Å². The average Bonchev–Trinajstić information content (AvgIpc) is 3.14. The molecule has 0 N–H and O–H groups in total. The third-order valence-corrected chi connectivity index (χ3v) is 5.59. The number of amides is 2. The lowest BCUT2D eigenvalue weighted by molar-refractivity contribution is 0.126. The molecule has 0 radical (unpaired) electrons. The number of piperidine rings is 1. The third-order valence-electron chi connectivity index (χ3n) is 5.59. The molecule has 0 saturated carbocycles. The molecule has 3 aliphatic heterocycles. The molecule has 124 valence electrons. The second kappa shape index (κ2) is 6.11. The highest BCUT2D eigenvalue weighted by molar-refractivity contribution is 5.78. The Morgan fingerprint density at radius 2 is 1.70 bits per heavy atom. The lowest BCUT2D eigenvalue weighted by Crippen LogP contribution is -2.46. The molecule has 2 amide bonds. The molecule has 3 saturated heterocycles. The van der Waals surface area contributed by atoms with Crippen LogP contribution in [0.4, 0.5) is 9.18 Å². The molecule has 3 fully saturated rings. The standard InChI is InChI=1S/C18H24FN3O/c19-15-5-3-14(4-6-15)12-20-10-7-16(8-11-20)22-13-17-2-1-9-21(17)18(22)23/h3-6,16-17H,1-2,7-13H2. The van der Waals surface area contributed by atoms with Crippen LogP contribution in [0, 0.1) is 5.82 Å². The molecule has 1 aromatic carbocycles. The van der Waals surface area contributed by atoms with Crippen molar-refractivity contribution in [3.05, 3.63) is 35.6 Å². The largest absolute Gasteiger partial charge is 0.320 e. The number of carbonyl (C=O) groups is 1. The maximum Gasteiger partial charge on any atom is 0.320 e. The van der Waals surface area contributed by atoms with Crippen LogP contribution in [0.25, 0.3) is 0 Å². The van der Waals surface area contributed by atoms with E-state index in [4.69, 9.17) is 0 Å². The minimum atomic E-state index is -0.180. The monoisotopic (exact) mass is 317 g/mol. The van der Waals surface area contributed by atoms with E-state index >= 15 is 0 Å². The van der Waals surface area contributed by atoms with Crippen LogP contribution in [0.5, 0.6) is 0 Å². The summed E-state index contributed by atoms with van der Waals surface area (Å²) in [4.78, 5) is 19.1. The summed E-state index contributed by atoms with van der Waals surface area (Å²) in [7, 11) is 0. The number of rotatable bonds is 3. The van der Waals surface area contributed by atoms with E-state index in [0.717, 1.165) is 51.1 Å². The van der Waals surface area contributed by atoms with Gasteiger partial charge in [-0.3, -0.25) is 4.90 Å². The molecule has 1 atom stereocenters. The van der Waals surface area contributed by atoms with Crippen molar-refractivity contribution in [3.8, 4) is 0 Å². The summed E-state index contributed by atoms with van der Waals surface area (Å²) in [6.45, 7) is 4.77. The van der Waals surface area contributed by atoms with Crippen molar-refractivity contribution in [3.63, 3.8) is 0 Å². The van der Waals surface area contributed by atoms with Crippen molar-refractivity contribution in [2.24, 2.45) is 0 Å². The number of fused-ring (bicyclic) bond motifs is 1. The molecule has 23 heavy (non-hydrogen) atoms. The Hall–Kier alpha value is -1.62. The van der Waals surface area contributed by atoms with E-state index in [1.807, 2.05) is 12.1 Å². The van der Waals surface area contributed by atoms with Gasteiger partial charge >= 0.3 is 6.03 Å². The molecule has 0 bridgehead atoms. The van der Waals surface area contributed by atoms with Gasteiger partial charge in [-0.25, -0.2) is 9.18 Å². The summed E-state index contributed by atoms with van der Waals surface area (Å²) >= 11 is 0. The van der Waals surface area contributed by atoms with E-state index in [1.165, 1.54) is 25.0 Å². The minimum Gasteiger partial charge on any atom is -0.320 e. The molecule has 1 aromatic rings. The van der Waals surface area contributed by atoms with Crippen molar-refractivity contribution in [2.45, 2.75) is 44.3 Å². The van der Waals surface area contributed by atoms with Crippen LogP contribution in [-0.2, 0) is 6.54 Å². The molecule has 4 nitrogen and oxygen atoms in total. The van der Waals surface area contributed by atoms with E-state index in [0.29, 0.717) is 12.1 Å². The Balaban J connectivity index is 1.31. The fraction of sp³-hybridized carbons (Fsp3) is 0.611. The summed E-state index contributed by atoms with van der Waals surface area (Å²) < 4.78 is 13.0.